The molecule has 0 atom stereocenters. The number of nitrogens with zero attached hydrogens (tertiary/aromatic N) is 3. The Kier molecular flexibility index (Phi) is 5.55. The van der Waals surface area contributed by atoms with Gasteiger partial charge in [-0.2, -0.15) is 0 Å². The standard InChI is InChI=1S/C15H22N4O/c1-3-20-10-4-7-17-15-18-13(2)11-19(15)12-14-5-8-16-9-6-14/h5-6,8-9,11H,3-4,7,10,12H2,1-2H3,(H,17,18). The van der Waals surface area contributed by atoms with E-state index in [1.165, 1.54) is 5.56 Å². The van der Waals surface area contributed by atoms with Crippen LogP contribution in [0.1, 0.15) is 24.6 Å². The maximum Gasteiger partial charge on any atom is 0.203 e. The molecule has 0 fully saturated rings. The third kappa shape index (κ3) is 4.35. The molecule has 0 spiro atoms. The van der Waals surface area contributed by atoms with Gasteiger partial charge in [0.05, 0.1) is 12.2 Å². The molecule has 0 saturated carbocycles. The van der Waals surface area contributed by atoms with Crippen molar-refractivity contribution < 1.29 is 4.74 Å². The first-order valence-electron chi connectivity index (χ1n) is 7.04. The van der Waals surface area contributed by atoms with E-state index in [4.69, 9.17) is 4.74 Å². The van der Waals surface area contributed by atoms with Crippen molar-refractivity contribution in [2.24, 2.45) is 0 Å². The molecule has 5 heteroatoms. The second-order valence-electron chi connectivity index (χ2n) is 4.67. The largest absolute Gasteiger partial charge is 0.382 e. The van der Waals surface area contributed by atoms with Gasteiger partial charge in [0, 0.05) is 38.3 Å². The van der Waals surface area contributed by atoms with Crippen LogP contribution in [0, 0.1) is 6.92 Å². The van der Waals surface area contributed by atoms with Crippen molar-refractivity contribution in [3.05, 3.63) is 42.0 Å². The van der Waals surface area contributed by atoms with Crippen LogP contribution < -0.4 is 5.32 Å². The number of nitrogens with one attached hydrogen (secondary N) is 1. The Balaban J connectivity index is 1.92. The Morgan fingerprint density at radius 3 is 2.85 bits per heavy atom. The summed E-state index contributed by atoms with van der Waals surface area (Å²) in [6, 6.07) is 4.04. The first-order chi connectivity index (χ1) is 9.79. The Labute approximate surface area is 120 Å². The number of hydrogen-bond donors (Lipinski definition) is 1. The SMILES string of the molecule is CCOCCCNc1nc(C)cn1Cc1ccncc1. The molecular weight excluding hydrogens is 252 g/mol. The number of rotatable bonds is 8. The molecule has 1 N–H and O–H groups in total. The normalized spacial score (nSPS) is 10.7. The van der Waals surface area contributed by atoms with Crippen LogP contribution in [0.25, 0.3) is 0 Å². The van der Waals surface area contributed by atoms with Crippen molar-refractivity contribution in [1.29, 1.82) is 0 Å². The monoisotopic (exact) mass is 274 g/mol. The summed E-state index contributed by atoms with van der Waals surface area (Å²) in [5.41, 5.74) is 2.24. The summed E-state index contributed by atoms with van der Waals surface area (Å²) in [7, 11) is 0. The van der Waals surface area contributed by atoms with Gasteiger partial charge in [-0.1, -0.05) is 0 Å². The molecule has 108 valence electrons. The maximum atomic E-state index is 5.33. The van der Waals surface area contributed by atoms with Crippen LogP contribution in [0.3, 0.4) is 0 Å². The minimum Gasteiger partial charge on any atom is -0.382 e. The van der Waals surface area contributed by atoms with E-state index in [0.29, 0.717) is 0 Å². The van der Waals surface area contributed by atoms with Crippen molar-refractivity contribution >= 4 is 5.95 Å². The second kappa shape index (κ2) is 7.65. The van der Waals surface area contributed by atoms with Crippen LogP contribution in [-0.4, -0.2) is 34.3 Å². The van der Waals surface area contributed by atoms with Crippen LogP contribution in [0.2, 0.25) is 0 Å². The predicted molar refractivity (Wildman–Crippen MR) is 79.9 cm³/mol. The Hall–Kier alpha value is -1.88. The second-order valence-corrected chi connectivity index (χ2v) is 4.67. The lowest BCUT2D eigenvalue weighted by Crippen LogP contribution is -2.11. The lowest BCUT2D eigenvalue weighted by molar-refractivity contribution is 0.147. The first-order valence-corrected chi connectivity index (χ1v) is 7.04. The Morgan fingerprint density at radius 2 is 2.10 bits per heavy atom. The predicted octanol–water partition coefficient (Wildman–Crippen LogP) is 2.47. The fraction of sp³-hybridized carbons (Fsp3) is 0.467. The van der Waals surface area contributed by atoms with Gasteiger partial charge in [0.25, 0.3) is 0 Å². The van der Waals surface area contributed by atoms with E-state index in [-0.39, 0.29) is 0 Å². The van der Waals surface area contributed by atoms with Gasteiger partial charge in [-0.3, -0.25) is 4.98 Å². The minimum absolute atomic E-state index is 0.774. The molecule has 20 heavy (non-hydrogen) atoms. The minimum atomic E-state index is 0.774. The topological polar surface area (TPSA) is 52.0 Å². The van der Waals surface area contributed by atoms with Gasteiger partial charge in [-0.05, 0) is 38.0 Å². The number of anilines is 1. The van der Waals surface area contributed by atoms with Crippen LogP contribution in [0.4, 0.5) is 5.95 Å². The summed E-state index contributed by atoms with van der Waals surface area (Å²) in [6.45, 7) is 7.25. The molecule has 0 radical (unpaired) electrons. The van der Waals surface area contributed by atoms with Crippen molar-refractivity contribution in [2.75, 3.05) is 25.1 Å². The zero-order valence-electron chi connectivity index (χ0n) is 12.2. The van der Waals surface area contributed by atoms with E-state index in [0.717, 1.165) is 44.4 Å². The lowest BCUT2D eigenvalue weighted by Gasteiger charge is -2.09. The fourth-order valence-corrected chi connectivity index (χ4v) is 2.01. The molecule has 2 heterocycles. The molecule has 0 aliphatic heterocycles. The number of aryl methyl sites for hydroxylation is 1. The van der Waals surface area contributed by atoms with Gasteiger partial charge in [0.1, 0.15) is 0 Å². The Morgan fingerprint density at radius 1 is 1.30 bits per heavy atom. The molecule has 0 aromatic carbocycles. The number of aromatic nitrogens is 3. The smallest absolute Gasteiger partial charge is 0.203 e. The van der Waals surface area contributed by atoms with Gasteiger partial charge in [0.2, 0.25) is 5.95 Å². The number of hydrogen-bond acceptors (Lipinski definition) is 4. The van der Waals surface area contributed by atoms with E-state index in [1.807, 2.05) is 38.4 Å². The summed E-state index contributed by atoms with van der Waals surface area (Å²) < 4.78 is 7.46. The molecule has 2 aromatic rings. The van der Waals surface area contributed by atoms with E-state index in [9.17, 15) is 0 Å². The highest BCUT2D eigenvalue weighted by Crippen LogP contribution is 2.11. The average molecular weight is 274 g/mol. The van der Waals surface area contributed by atoms with Crippen molar-refractivity contribution in [2.45, 2.75) is 26.8 Å². The molecule has 0 amide bonds. The Bertz CT molecular complexity index is 510. The van der Waals surface area contributed by atoms with Gasteiger partial charge in [-0.25, -0.2) is 4.98 Å². The zero-order valence-corrected chi connectivity index (χ0v) is 12.2. The molecule has 5 nitrogen and oxygen atoms in total. The average Bonchev–Trinajstić information content (AvgIpc) is 2.80. The van der Waals surface area contributed by atoms with E-state index >= 15 is 0 Å². The quantitative estimate of drug-likeness (QED) is 0.751. The van der Waals surface area contributed by atoms with E-state index in [1.54, 1.807) is 0 Å². The van der Waals surface area contributed by atoms with Gasteiger partial charge >= 0.3 is 0 Å². The van der Waals surface area contributed by atoms with E-state index in [2.05, 4.69) is 26.0 Å². The highest BCUT2D eigenvalue weighted by molar-refractivity contribution is 5.30. The molecule has 0 aliphatic carbocycles. The summed E-state index contributed by atoms with van der Waals surface area (Å²) in [6.07, 6.45) is 6.67. The van der Waals surface area contributed by atoms with Crippen LogP contribution in [-0.2, 0) is 11.3 Å². The fourth-order valence-electron chi connectivity index (χ4n) is 2.01. The molecule has 0 saturated heterocycles. The zero-order chi connectivity index (χ0) is 14.2. The molecule has 0 aliphatic rings. The lowest BCUT2D eigenvalue weighted by atomic mass is 10.3. The first kappa shape index (κ1) is 14.5. The summed E-state index contributed by atoms with van der Waals surface area (Å²) in [5.74, 6) is 0.913. The summed E-state index contributed by atoms with van der Waals surface area (Å²) in [4.78, 5) is 8.56. The van der Waals surface area contributed by atoms with Crippen molar-refractivity contribution in [3.63, 3.8) is 0 Å². The third-order valence-electron chi connectivity index (χ3n) is 2.95. The van der Waals surface area contributed by atoms with Crippen molar-refractivity contribution in [1.82, 2.24) is 14.5 Å². The van der Waals surface area contributed by atoms with Gasteiger partial charge in [0.15, 0.2) is 0 Å². The highest BCUT2D eigenvalue weighted by Gasteiger charge is 2.05. The number of ether oxygens (including phenoxy) is 1. The maximum absolute atomic E-state index is 5.33. The molecule has 2 aromatic heterocycles. The van der Waals surface area contributed by atoms with Crippen LogP contribution in [0.15, 0.2) is 30.7 Å². The molecular formula is C15H22N4O. The van der Waals surface area contributed by atoms with Crippen LogP contribution in [0.5, 0.6) is 0 Å². The molecule has 2 rings (SSSR count). The van der Waals surface area contributed by atoms with E-state index < -0.39 is 0 Å². The summed E-state index contributed by atoms with van der Waals surface area (Å²) >= 11 is 0. The van der Waals surface area contributed by atoms with Crippen LogP contribution >= 0.6 is 0 Å². The highest BCUT2D eigenvalue weighted by atomic mass is 16.5. The van der Waals surface area contributed by atoms with Gasteiger partial charge < -0.3 is 14.6 Å². The van der Waals surface area contributed by atoms with Gasteiger partial charge in [-0.15, -0.1) is 0 Å². The molecule has 0 unspecified atom stereocenters. The number of imidazole rings is 1. The molecule has 0 bridgehead atoms. The third-order valence-corrected chi connectivity index (χ3v) is 2.95. The summed E-state index contributed by atoms with van der Waals surface area (Å²) in [5, 5.41) is 3.37. The number of pyridine rings is 1. The van der Waals surface area contributed by atoms with Crippen molar-refractivity contribution in [3.8, 4) is 0 Å².